The van der Waals surface area contributed by atoms with Gasteiger partial charge in [-0.05, 0) is 72.6 Å². The Morgan fingerprint density at radius 1 is 1.24 bits per heavy atom. The van der Waals surface area contributed by atoms with E-state index < -0.39 is 17.5 Å². The highest BCUT2D eigenvalue weighted by molar-refractivity contribution is 6.00. The zero-order valence-electron chi connectivity index (χ0n) is 19.3. The van der Waals surface area contributed by atoms with Crippen molar-refractivity contribution in [2.75, 3.05) is 5.73 Å². The number of anilines is 1. The lowest BCUT2D eigenvalue weighted by Gasteiger charge is -2.45. The second kappa shape index (κ2) is 9.56. The van der Waals surface area contributed by atoms with Gasteiger partial charge >= 0.3 is 0 Å². The van der Waals surface area contributed by atoms with Crippen LogP contribution in [0, 0.1) is 11.7 Å². The standard InChI is InChI=1S/C26H29FN4O3/c1-3-26(34)15(2)11-16(13-23(26)33)18-8-10-29-14-17(18)12-22(32)25-20(28)6-7-21(31-25)24-19(27)5-4-9-30-24/h4-10,14-16,23,33-34H,3,11-13,28H2,1-2H3/t15-,16+,23+,26+/m0/s1. The summed E-state index contributed by atoms with van der Waals surface area (Å²) in [7, 11) is 0. The normalized spacial score (nSPS) is 24.7. The molecule has 0 radical (unpaired) electrons. The minimum Gasteiger partial charge on any atom is -0.397 e. The van der Waals surface area contributed by atoms with E-state index >= 15 is 0 Å². The van der Waals surface area contributed by atoms with Crippen LogP contribution in [-0.4, -0.2) is 42.7 Å². The Morgan fingerprint density at radius 2 is 2.03 bits per heavy atom. The minimum absolute atomic E-state index is 0.00749. The third-order valence-electron chi connectivity index (χ3n) is 7.07. The Morgan fingerprint density at radius 3 is 2.74 bits per heavy atom. The van der Waals surface area contributed by atoms with Gasteiger partial charge in [0.05, 0.1) is 23.1 Å². The number of nitrogen functional groups attached to an aromatic ring is 1. The van der Waals surface area contributed by atoms with Crippen LogP contribution in [0.1, 0.15) is 60.6 Å². The van der Waals surface area contributed by atoms with Gasteiger partial charge in [-0.2, -0.15) is 0 Å². The van der Waals surface area contributed by atoms with E-state index in [1.54, 1.807) is 12.4 Å². The fourth-order valence-electron chi connectivity index (χ4n) is 5.01. The molecule has 34 heavy (non-hydrogen) atoms. The van der Waals surface area contributed by atoms with Crippen molar-refractivity contribution < 1.29 is 19.4 Å². The number of carbonyl (C=O) groups is 1. The van der Waals surface area contributed by atoms with Crippen LogP contribution in [0.15, 0.2) is 48.9 Å². The molecule has 3 aromatic heterocycles. The SMILES string of the molecule is CC[C@]1(O)[C@H](O)C[C@H](c2ccncc2CC(=O)c2nc(-c3ncccc3F)ccc2N)C[C@@H]1C. The largest absolute Gasteiger partial charge is 0.397 e. The van der Waals surface area contributed by atoms with E-state index in [-0.39, 0.29) is 46.8 Å². The number of nitrogens with zero attached hydrogens (tertiary/aromatic N) is 3. The highest BCUT2D eigenvalue weighted by Gasteiger charge is 2.45. The Hall–Kier alpha value is -3.23. The number of aromatic nitrogens is 3. The van der Waals surface area contributed by atoms with Gasteiger partial charge in [-0.3, -0.25) is 14.8 Å². The predicted molar refractivity (Wildman–Crippen MR) is 126 cm³/mol. The van der Waals surface area contributed by atoms with Crippen molar-refractivity contribution >= 4 is 11.5 Å². The van der Waals surface area contributed by atoms with E-state index in [1.165, 1.54) is 30.5 Å². The first kappa shape index (κ1) is 23.9. The fourth-order valence-corrected chi connectivity index (χ4v) is 5.01. The molecule has 0 aliphatic heterocycles. The molecule has 0 bridgehead atoms. The number of rotatable bonds is 6. The van der Waals surface area contributed by atoms with Crippen LogP contribution in [0.4, 0.5) is 10.1 Å². The van der Waals surface area contributed by atoms with Gasteiger partial charge in [0.1, 0.15) is 11.4 Å². The summed E-state index contributed by atoms with van der Waals surface area (Å²) in [4.78, 5) is 25.8. The Balaban J connectivity index is 1.61. The average Bonchev–Trinajstić information content (AvgIpc) is 2.83. The summed E-state index contributed by atoms with van der Waals surface area (Å²) in [6.07, 6.45) is 5.47. The monoisotopic (exact) mass is 464 g/mol. The molecule has 8 heteroatoms. The van der Waals surface area contributed by atoms with Crippen molar-refractivity contribution in [2.24, 2.45) is 5.92 Å². The molecule has 0 unspecified atom stereocenters. The molecule has 3 heterocycles. The van der Waals surface area contributed by atoms with E-state index in [0.717, 1.165) is 11.1 Å². The molecule has 4 atom stereocenters. The number of ketones is 1. The molecule has 0 spiro atoms. The van der Waals surface area contributed by atoms with E-state index in [4.69, 9.17) is 5.73 Å². The molecule has 4 rings (SSSR count). The lowest BCUT2D eigenvalue weighted by Crippen LogP contribution is -2.51. The number of nitrogens with two attached hydrogens (primary N) is 1. The number of pyridine rings is 3. The van der Waals surface area contributed by atoms with E-state index in [0.29, 0.717) is 19.3 Å². The quantitative estimate of drug-likeness (QED) is 0.476. The molecule has 7 nitrogen and oxygen atoms in total. The molecule has 0 aromatic carbocycles. The maximum absolute atomic E-state index is 14.2. The summed E-state index contributed by atoms with van der Waals surface area (Å²) in [5.74, 6) is -0.990. The Kier molecular flexibility index (Phi) is 6.72. The summed E-state index contributed by atoms with van der Waals surface area (Å²) in [5, 5.41) is 21.5. The molecular formula is C26H29FN4O3. The van der Waals surface area contributed by atoms with Crippen molar-refractivity contribution in [1.29, 1.82) is 0 Å². The molecular weight excluding hydrogens is 435 g/mol. The fraction of sp³-hybridized carbons (Fsp3) is 0.385. The molecule has 1 aliphatic carbocycles. The zero-order chi connectivity index (χ0) is 24.5. The van der Waals surface area contributed by atoms with Crippen molar-refractivity contribution in [2.45, 2.75) is 57.2 Å². The zero-order valence-corrected chi connectivity index (χ0v) is 19.3. The Bertz CT molecular complexity index is 1190. The summed E-state index contributed by atoms with van der Waals surface area (Å²) in [6.45, 7) is 3.82. The number of aliphatic hydroxyl groups is 2. The van der Waals surface area contributed by atoms with Gasteiger partial charge in [0, 0.05) is 25.0 Å². The third kappa shape index (κ3) is 4.43. The molecule has 3 aromatic rings. The number of halogens is 1. The first-order valence-electron chi connectivity index (χ1n) is 11.5. The topological polar surface area (TPSA) is 122 Å². The van der Waals surface area contributed by atoms with Crippen molar-refractivity contribution in [3.05, 3.63) is 71.6 Å². The second-order valence-electron chi connectivity index (χ2n) is 9.07. The Labute approximate surface area is 197 Å². The molecule has 0 saturated heterocycles. The first-order chi connectivity index (χ1) is 16.2. The van der Waals surface area contributed by atoms with Crippen LogP contribution < -0.4 is 5.73 Å². The smallest absolute Gasteiger partial charge is 0.187 e. The van der Waals surface area contributed by atoms with Gasteiger partial charge < -0.3 is 15.9 Å². The summed E-state index contributed by atoms with van der Waals surface area (Å²) in [5.41, 5.74) is 7.09. The van der Waals surface area contributed by atoms with Crippen molar-refractivity contribution in [3.63, 3.8) is 0 Å². The average molecular weight is 465 g/mol. The summed E-state index contributed by atoms with van der Waals surface area (Å²) < 4.78 is 14.2. The van der Waals surface area contributed by atoms with Crippen LogP contribution in [-0.2, 0) is 6.42 Å². The van der Waals surface area contributed by atoms with E-state index in [9.17, 15) is 19.4 Å². The number of Topliss-reactive ketones (excluding diaryl/α,β-unsaturated/α-hetero) is 1. The molecule has 1 aliphatic rings. The van der Waals surface area contributed by atoms with E-state index in [2.05, 4.69) is 15.0 Å². The number of hydrogen-bond donors (Lipinski definition) is 3. The van der Waals surface area contributed by atoms with Crippen LogP contribution >= 0.6 is 0 Å². The van der Waals surface area contributed by atoms with Crippen LogP contribution in [0.2, 0.25) is 0 Å². The minimum atomic E-state index is -1.11. The molecule has 1 saturated carbocycles. The summed E-state index contributed by atoms with van der Waals surface area (Å²) in [6, 6.07) is 7.68. The van der Waals surface area contributed by atoms with Crippen molar-refractivity contribution in [3.8, 4) is 11.4 Å². The number of aliphatic hydroxyl groups excluding tert-OH is 1. The molecule has 1 fully saturated rings. The van der Waals surface area contributed by atoms with Gasteiger partial charge in [-0.15, -0.1) is 0 Å². The number of hydrogen-bond acceptors (Lipinski definition) is 7. The van der Waals surface area contributed by atoms with Gasteiger partial charge in [0.2, 0.25) is 0 Å². The van der Waals surface area contributed by atoms with Crippen molar-refractivity contribution in [1.82, 2.24) is 15.0 Å². The van der Waals surface area contributed by atoms with Crippen LogP contribution in [0.5, 0.6) is 0 Å². The first-order valence-corrected chi connectivity index (χ1v) is 11.5. The maximum Gasteiger partial charge on any atom is 0.187 e. The third-order valence-corrected chi connectivity index (χ3v) is 7.07. The second-order valence-corrected chi connectivity index (χ2v) is 9.07. The van der Waals surface area contributed by atoms with Gasteiger partial charge in [-0.25, -0.2) is 9.37 Å². The van der Waals surface area contributed by atoms with Crippen LogP contribution in [0.25, 0.3) is 11.4 Å². The highest BCUT2D eigenvalue weighted by atomic mass is 19.1. The van der Waals surface area contributed by atoms with E-state index in [1.807, 2.05) is 19.9 Å². The van der Waals surface area contributed by atoms with Gasteiger partial charge in [0.15, 0.2) is 11.6 Å². The number of carbonyl (C=O) groups excluding carboxylic acids is 1. The van der Waals surface area contributed by atoms with Crippen LogP contribution in [0.3, 0.4) is 0 Å². The van der Waals surface area contributed by atoms with Gasteiger partial charge in [-0.1, -0.05) is 13.8 Å². The van der Waals surface area contributed by atoms with Gasteiger partial charge in [0.25, 0.3) is 0 Å². The molecule has 4 N–H and O–H groups in total. The lowest BCUT2D eigenvalue weighted by molar-refractivity contribution is -0.138. The molecule has 0 amide bonds. The predicted octanol–water partition coefficient (Wildman–Crippen LogP) is 3.70. The maximum atomic E-state index is 14.2. The summed E-state index contributed by atoms with van der Waals surface area (Å²) >= 11 is 0. The molecule has 178 valence electrons. The lowest BCUT2D eigenvalue weighted by atomic mass is 9.66. The highest BCUT2D eigenvalue weighted by Crippen LogP contribution is 2.44.